The van der Waals surface area contributed by atoms with Crippen LogP contribution in [0.2, 0.25) is 0 Å². The van der Waals surface area contributed by atoms with Crippen LogP contribution in [-0.2, 0) is 4.74 Å². The highest BCUT2D eigenvalue weighted by atomic mass is 79.9. The molecule has 0 saturated heterocycles. The Hall–Kier alpha value is -0.560. The van der Waals surface area contributed by atoms with Crippen LogP contribution in [0, 0.1) is 11.6 Å². The molecule has 0 saturated carbocycles. The summed E-state index contributed by atoms with van der Waals surface area (Å²) < 4.78 is 32.9. The molecule has 6 heteroatoms. The van der Waals surface area contributed by atoms with Gasteiger partial charge in [-0.1, -0.05) is 15.9 Å². The normalized spacial score (nSPS) is 13.1. The molecule has 1 rings (SSSR count). The minimum Gasteiger partial charge on any atom is -0.377 e. The van der Waals surface area contributed by atoms with Crippen LogP contribution in [0.5, 0.6) is 0 Å². The van der Waals surface area contributed by atoms with Crippen molar-refractivity contribution in [2.75, 3.05) is 6.61 Å². The van der Waals surface area contributed by atoms with Gasteiger partial charge in [0.2, 0.25) is 0 Å². The first kappa shape index (κ1) is 14.5. The molecule has 1 aromatic carbocycles. The maximum atomic E-state index is 13.7. The number of ether oxygens (including phenoxy) is 1. The summed E-state index contributed by atoms with van der Waals surface area (Å²) in [6.45, 7) is 3.77. The molecule has 0 spiro atoms. The second-order valence-electron chi connectivity index (χ2n) is 3.88. The Kier molecular flexibility index (Phi) is 5.45. The van der Waals surface area contributed by atoms with E-state index in [-0.39, 0.29) is 18.3 Å². The van der Waals surface area contributed by atoms with E-state index in [1.165, 1.54) is 12.1 Å². The number of nitrogens with two attached hydrogens (primary N) is 1. The zero-order valence-corrected chi connectivity index (χ0v) is 11.2. The number of halogens is 3. The van der Waals surface area contributed by atoms with Crippen LogP contribution in [-0.4, -0.2) is 12.7 Å². The minimum absolute atomic E-state index is 0.0348. The molecular weight excluding hydrogens is 294 g/mol. The summed E-state index contributed by atoms with van der Waals surface area (Å²) in [7, 11) is 0. The Balaban J connectivity index is 2.95. The van der Waals surface area contributed by atoms with Crippen molar-refractivity contribution < 1.29 is 13.5 Å². The monoisotopic (exact) mass is 308 g/mol. The van der Waals surface area contributed by atoms with Crippen molar-refractivity contribution in [3.05, 3.63) is 33.8 Å². The van der Waals surface area contributed by atoms with Gasteiger partial charge >= 0.3 is 0 Å². The molecule has 1 aromatic rings. The Labute approximate surface area is 107 Å². The molecule has 0 radical (unpaired) electrons. The van der Waals surface area contributed by atoms with E-state index >= 15 is 0 Å². The molecule has 0 bridgehead atoms. The molecule has 0 aliphatic carbocycles. The third-order valence-electron chi connectivity index (χ3n) is 2.19. The maximum Gasteiger partial charge on any atom is 0.132 e. The second kappa shape index (κ2) is 6.39. The second-order valence-corrected chi connectivity index (χ2v) is 4.80. The Bertz CT molecular complexity index is 365. The molecule has 17 heavy (non-hydrogen) atoms. The van der Waals surface area contributed by atoms with Gasteiger partial charge in [0.1, 0.15) is 11.6 Å². The Morgan fingerprint density at radius 2 is 1.88 bits per heavy atom. The van der Waals surface area contributed by atoms with Crippen molar-refractivity contribution in [1.82, 2.24) is 5.43 Å². The third kappa shape index (κ3) is 3.99. The van der Waals surface area contributed by atoms with Crippen molar-refractivity contribution in [2.24, 2.45) is 5.84 Å². The predicted molar refractivity (Wildman–Crippen MR) is 65.2 cm³/mol. The number of rotatable bonds is 5. The van der Waals surface area contributed by atoms with Crippen molar-refractivity contribution in [3.8, 4) is 0 Å². The molecule has 3 N–H and O–H groups in total. The van der Waals surface area contributed by atoms with Gasteiger partial charge in [-0.25, -0.2) is 8.78 Å². The van der Waals surface area contributed by atoms with Gasteiger partial charge in [0.25, 0.3) is 0 Å². The van der Waals surface area contributed by atoms with Crippen LogP contribution in [0.3, 0.4) is 0 Å². The lowest BCUT2D eigenvalue weighted by molar-refractivity contribution is 0.0596. The highest BCUT2D eigenvalue weighted by Crippen LogP contribution is 2.25. The third-order valence-corrected chi connectivity index (χ3v) is 2.65. The standard InChI is InChI=1S/C11H15BrF2N2O/c1-6(2)17-5-10(16-15)11-8(13)3-7(12)4-9(11)14/h3-4,6,10,16H,5,15H2,1-2H3. The highest BCUT2D eigenvalue weighted by Gasteiger charge is 2.20. The van der Waals surface area contributed by atoms with Crippen LogP contribution in [0.4, 0.5) is 8.78 Å². The summed E-state index contributed by atoms with van der Waals surface area (Å²) in [4.78, 5) is 0. The van der Waals surface area contributed by atoms with E-state index < -0.39 is 17.7 Å². The quantitative estimate of drug-likeness (QED) is 0.649. The van der Waals surface area contributed by atoms with Gasteiger partial charge in [0.15, 0.2) is 0 Å². The molecule has 1 unspecified atom stereocenters. The minimum atomic E-state index is -0.717. The molecular formula is C11H15BrF2N2O. The Morgan fingerprint density at radius 1 is 1.35 bits per heavy atom. The van der Waals surface area contributed by atoms with E-state index in [1.54, 1.807) is 0 Å². The van der Waals surface area contributed by atoms with Gasteiger partial charge in [-0.15, -0.1) is 0 Å². The summed E-state index contributed by atoms with van der Waals surface area (Å²) in [6, 6.07) is 1.67. The number of hydrogen-bond acceptors (Lipinski definition) is 3. The first-order chi connectivity index (χ1) is 7.95. The van der Waals surface area contributed by atoms with Crippen molar-refractivity contribution in [3.63, 3.8) is 0 Å². The zero-order chi connectivity index (χ0) is 13.0. The summed E-state index contributed by atoms with van der Waals surface area (Å²) in [6.07, 6.45) is -0.0348. The average Bonchev–Trinajstić information content (AvgIpc) is 2.21. The van der Waals surface area contributed by atoms with E-state index in [4.69, 9.17) is 10.6 Å². The largest absolute Gasteiger partial charge is 0.377 e. The van der Waals surface area contributed by atoms with Crippen LogP contribution in [0.1, 0.15) is 25.5 Å². The molecule has 0 fully saturated rings. The van der Waals surface area contributed by atoms with E-state index in [1.807, 2.05) is 13.8 Å². The number of nitrogens with one attached hydrogen (secondary N) is 1. The van der Waals surface area contributed by atoms with Gasteiger partial charge in [0.05, 0.1) is 18.8 Å². The summed E-state index contributed by atoms with van der Waals surface area (Å²) in [5, 5.41) is 0. The fourth-order valence-corrected chi connectivity index (χ4v) is 1.79. The number of hydrogen-bond donors (Lipinski definition) is 2. The topological polar surface area (TPSA) is 47.3 Å². The molecule has 3 nitrogen and oxygen atoms in total. The van der Waals surface area contributed by atoms with Crippen LogP contribution in [0.15, 0.2) is 16.6 Å². The molecule has 1 atom stereocenters. The Morgan fingerprint density at radius 3 is 2.29 bits per heavy atom. The van der Waals surface area contributed by atoms with Gasteiger partial charge in [-0.3, -0.25) is 11.3 Å². The molecule has 0 heterocycles. The molecule has 0 aromatic heterocycles. The summed E-state index contributed by atoms with van der Waals surface area (Å²) >= 11 is 3.02. The van der Waals surface area contributed by atoms with Crippen molar-refractivity contribution >= 4 is 15.9 Å². The highest BCUT2D eigenvalue weighted by molar-refractivity contribution is 9.10. The molecule has 96 valence electrons. The maximum absolute atomic E-state index is 13.7. The van der Waals surface area contributed by atoms with Crippen LogP contribution in [0.25, 0.3) is 0 Å². The van der Waals surface area contributed by atoms with Gasteiger partial charge in [-0.05, 0) is 26.0 Å². The van der Waals surface area contributed by atoms with Crippen molar-refractivity contribution in [1.29, 1.82) is 0 Å². The average molecular weight is 309 g/mol. The van der Waals surface area contributed by atoms with Crippen LogP contribution >= 0.6 is 15.9 Å². The lowest BCUT2D eigenvalue weighted by Gasteiger charge is -2.19. The number of hydrazine groups is 1. The fourth-order valence-electron chi connectivity index (χ4n) is 1.39. The smallest absolute Gasteiger partial charge is 0.132 e. The summed E-state index contributed by atoms with van der Waals surface area (Å²) in [5.74, 6) is 3.97. The van der Waals surface area contributed by atoms with Crippen LogP contribution < -0.4 is 11.3 Å². The molecule has 0 amide bonds. The number of benzene rings is 1. The van der Waals surface area contributed by atoms with E-state index in [0.717, 1.165) is 0 Å². The van der Waals surface area contributed by atoms with Crippen molar-refractivity contribution in [2.45, 2.75) is 26.0 Å². The predicted octanol–water partition coefficient (Wildman–Crippen LogP) is 2.66. The fraction of sp³-hybridized carbons (Fsp3) is 0.455. The molecule has 0 aliphatic rings. The first-order valence-electron chi connectivity index (χ1n) is 5.17. The zero-order valence-electron chi connectivity index (χ0n) is 9.64. The SMILES string of the molecule is CC(C)OCC(NN)c1c(F)cc(Br)cc1F. The van der Waals surface area contributed by atoms with Gasteiger partial charge in [-0.2, -0.15) is 0 Å². The van der Waals surface area contributed by atoms with Gasteiger partial charge in [0, 0.05) is 10.0 Å². The van der Waals surface area contributed by atoms with E-state index in [2.05, 4.69) is 21.4 Å². The lowest BCUT2D eigenvalue weighted by atomic mass is 10.1. The lowest BCUT2D eigenvalue weighted by Crippen LogP contribution is -2.33. The van der Waals surface area contributed by atoms with E-state index in [9.17, 15) is 8.78 Å². The van der Waals surface area contributed by atoms with E-state index in [0.29, 0.717) is 4.47 Å². The van der Waals surface area contributed by atoms with Gasteiger partial charge < -0.3 is 4.74 Å². The molecule has 0 aliphatic heterocycles. The first-order valence-corrected chi connectivity index (χ1v) is 5.97. The summed E-state index contributed by atoms with van der Waals surface area (Å²) in [5.41, 5.74) is 2.24.